The Morgan fingerprint density at radius 3 is 2.31 bits per heavy atom. The van der Waals surface area contributed by atoms with Gasteiger partial charge in [-0.3, -0.25) is 9.59 Å². The maximum absolute atomic E-state index is 13.9. The minimum Gasteiger partial charge on any atom is -0.364 e. The van der Waals surface area contributed by atoms with Gasteiger partial charge in [-0.05, 0) is 42.9 Å². The summed E-state index contributed by atoms with van der Waals surface area (Å²) >= 11 is 0. The van der Waals surface area contributed by atoms with Gasteiger partial charge >= 0.3 is 12.2 Å². The Hall–Kier alpha value is -4.39. The normalized spacial score (nSPS) is 11.1. The number of urea groups is 1. The first-order valence-corrected chi connectivity index (χ1v) is 10.5. The molecule has 0 bridgehead atoms. The highest BCUT2D eigenvalue weighted by atomic mass is 19.4. The minimum absolute atomic E-state index is 0.00670. The highest BCUT2D eigenvalue weighted by Crippen LogP contribution is 2.32. The molecule has 0 radical (unpaired) electrons. The van der Waals surface area contributed by atoms with E-state index < -0.39 is 41.1 Å². The number of aromatic amines is 1. The molecule has 1 heterocycles. The molecule has 0 spiro atoms. The third-order valence-electron chi connectivity index (χ3n) is 5.01. The van der Waals surface area contributed by atoms with Crippen molar-refractivity contribution in [3.63, 3.8) is 0 Å². The largest absolute Gasteiger partial charge is 0.416 e. The summed E-state index contributed by atoms with van der Waals surface area (Å²) in [6.45, 7) is 0.872. The summed E-state index contributed by atoms with van der Waals surface area (Å²) in [5.74, 6) is -2.27. The topological polar surface area (TPSA) is 141 Å². The standard InChI is InChI=1S/C23H22F4N6O3/c1-29-8-9-30-21(35)15-11-31-19(20(28)34)18(15)12-2-5-14(6-3-12)32-22(36)33-17-10-13(23(25,26)27)4-7-16(17)24/h2-7,10-11,29,31H,8-9H2,1H3,(H2,28,34)(H,30,35)(H2,32,33,36). The summed E-state index contributed by atoms with van der Waals surface area (Å²) in [4.78, 5) is 39.4. The second-order valence-electron chi connectivity index (χ2n) is 7.52. The molecule has 0 saturated carbocycles. The Balaban J connectivity index is 1.78. The predicted octanol–water partition coefficient (Wildman–Crippen LogP) is 3.53. The van der Waals surface area contributed by atoms with Crippen LogP contribution in [0.5, 0.6) is 0 Å². The monoisotopic (exact) mass is 506 g/mol. The maximum Gasteiger partial charge on any atom is 0.416 e. The second kappa shape index (κ2) is 10.9. The molecule has 36 heavy (non-hydrogen) atoms. The van der Waals surface area contributed by atoms with E-state index in [1.54, 1.807) is 7.05 Å². The van der Waals surface area contributed by atoms with E-state index in [1.165, 1.54) is 30.5 Å². The lowest BCUT2D eigenvalue weighted by atomic mass is 10.00. The van der Waals surface area contributed by atoms with E-state index in [1.807, 2.05) is 5.32 Å². The zero-order valence-electron chi connectivity index (χ0n) is 18.8. The molecule has 0 atom stereocenters. The average molecular weight is 506 g/mol. The molecule has 3 rings (SSSR count). The fourth-order valence-electron chi connectivity index (χ4n) is 3.30. The third-order valence-corrected chi connectivity index (χ3v) is 5.01. The number of primary amides is 1. The molecule has 13 heteroatoms. The van der Waals surface area contributed by atoms with Gasteiger partial charge in [0.05, 0.1) is 16.8 Å². The Bertz CT molecular complexity index is 1270. The van der Waals surface area contributed by atoms with Crippen LogP contribution in [0, 0.1) is 5.82 Å². The van der Waals surface area contributed by atoms with E-state index in [0.717, 1.165) is 0 Å². The van der Waals surface area contributed by atoms with Crippen LogP contribution in [0.1, 0.15) is 26.4 Å². The van der Waals surface area contributed by atoms with Gasteiger partial charge in [-0.15, -0.1) is 0 Å². The number of hydrogen-bond donors (Lipinski definition) is 6. The number of H-pyrrole nitrogens is 1. The number of carbonyl (C=O) groups excluding carboxylic acids is 3. The average Bonchev–Trinajstić information content (AvgIpc) is 3.26. The Labute approximate surface area is 202 Å². The van der Waals surface area contributed by atoms with E-state index in [2.05, 4.69) is 20.9 Å². The van der Waals surface area contributed by atoms with Crippen LogP contribution in [0.4, 0.5) is 33.7 Å². The van der Waals surface area contributed by atoms with Crippen molar-refractivity contribution in [2.45, 2.75) is 6.18 Å². The summed E-state index contributed by atoms with van der Waals surface area (Å²) in [5.41, 5.74) is 4.74. The van der Waals surface area contributed by atoms with Gasteiger partial charge in [0.15, 0.2) is 0 Å². The number of hydrogen-bond acceptors (Lipinski definition) is 4. The number of benzene rings is 2. The van der Waals surface area contributed by atoms with Crippen LogP contribution in [0.3, 0.4) is 0 Å². The smallest absolute Gasteiger partial charge is 0.364 e. The fraction of sp³-hybridized carbons (Fsp3) is 0.174. The number of alkyl halides is 3. The first-order chi connectivity index (χ1) is 17.0. The Kier molecular flexibility index (Phi) is 7.94. The summed E-state index contributed by atoms with van der Waals surface area (Å²) in [6, 6.07) is 6.53. The van der Waals surface area contributed by atoms with Gasteiger partial charge in [0.2, 0.25) is 0 Å². The zero-order valence-corrected chi connectivity index (χ0v) is 18.8. The van der Waals surface area contributed by atoms with Crippen molar-refractivity contribution in [1.29, 1.82) is 0 Å². The molecule has 4 amide bonds. The van der Waals surface area contributed by atoms with Crippen LogP contribution in [-0.2, 0) is 6.18 Å². The molecule has 0 aliphatic heterocycles. The van der Waals surface area contributed by atoms with Crippen molar-refractivity contribution in [3.8, 4) is 11.1 Å². The van der Waals surface area contributed by atoms with Crippen molar-refractivity contribution in [1.82, 2.24) is 15.6 Å². The van der Waals surface area contributed by atoms with Gasteiger partial charge in [-0.2, -0.15) is 13.2 Å². The van der Waals surface area contributed by atoms with Gasteiger partial charge in [-0.25, -0.2) is 9.18 Å². The second-order valence-corrected chi connectivity index (χ2v) is 7.52. The van der Waals surface area contributed by atoms with Crippen LogP contribution in [0.15, 0.2) is 48.7 Å². The molecule has 0 saturated heterocycles. The maximum atomic E-state index is 13.9. The summed E-state index contributed by atoms with van der Waals surface area (Å²) in [6.07, 6.45) is -3.35. The molecule has 1 aromatic heterocycles. The summed E-state index contributed by atoms with van der Waals surface area (Å²) < 4.78 is 52.5. The zero-order chi connectivity index (χ0) is 26.5. The lowest BCUT2D eigenvalue weighted by Crippen LogP contribution is -2.30. The lowest BCUT2D eigenvalue weighted by Gasteiger charge is -2.12. The van der Waals surface area contributed by atoms with Crippen LogP contribution in [0.25, 0.3) is 11.1 Å². The van der Waals surface area contributed by atoms with Crippen molar-refractivity contribution in [2.75, 3.05) is 30.8 Å². The SMILES string of the molecule is CNCCNC(=O)c1c[nH]c(C(N)=O)c1-c1ccc(NC(=O)Nc2cc(C(F)(F)F)ccc2F)cc1. The van der Waals surface area contributed by atoms with Crippen LogP contribution < -0.4 is 27.0 Å². The number of aromatic nitrogens is 1. The van der Waals surface area contributed by atoms with Gasteiger partial charge < -0.3 is 32.0 Å². The highest BCUT2D eigenvalue weighted by Gasteiger charge is 2.31. The minimum atomic E-state index is -4.71. The van der Waals surface area contributed by atoms with Gasteiger partial charge in [0, 0.05) is 30.5 Å². The third kappa shape index (κ3) is 6.18. The Morgan fingerprint density at radius 1 is 1.00 bits per heavy atom. The van der Waals surface area contributed by atoms with Crippen LogP contribution in [0.2, 0.25) is 0 Å². The quantitative estimate of drug-likeness (QED) is 0.205. The lowest BCUT2D eigenvalue weighted by molar-refractivity contribution is -0.137. The summed E-state index contributed by atoms with van der Waals surface area (Å²) in [7, 11) is 1.73. The van der Waals surface area contributed by atoms with E-state index >= 15 is 0 Å². The molecule has 0 aliphatic rings. The summed E-state index contributed by atoms with van der Waals surface area (Å²) in [5, 5.41) is 10.00. The molecule has 0 fully saturated rings. The van der Waals surface area contributed by atoms with E-state index in [4.69, 9.17) is 5.73 Å². The number of halogens is 4. The van der Waals surface area contributed by atoms with Crippen LogP contribution >= 0.6 is 0 Å². The number of nitrogens with two attached hydrogens (primary N) is 1. The van der Waals surface area contributed by atoms with Crippen molar-refractivity contribution in [2.24, 2.45) is 5.73 Å². The van der Waals surface area contributed by atoms with Gasteiger partial charge in [-0.1, -0.05) is 12.1 Å². The molecular formula is C23H22F4N6O3. The van der Waals surface area contributed by atoms with E-state index in [-0.39, 0.29) is 22.5 Å². The number of nitrogens with one attached hydrogen (secondary N) is 5. The molecule has 0 unspecified atom stereocenters. The first-order valence-electron chi connectivity index (χ1n) is 10.5. The van der Waals surface area contributed by atoms with E-state index in [9.17, 15) is 31.9 Å². The molecule has 2 aromatic carbocycles. The number of likely N-dealkylation sites (N-methyl/N-ethyl adjacent to an activating group) is 1. The molecule has 3 aromatic rings. The molecule has 9 nitrogen and oxygen atoms in total. The fourth-order valence-corrected chi connectivity index (χ4v) is 3.30. The van der Waals surface area contributed by atoms with Gasteiger partial charge in [0.1, 0.15) is 11.5 Å². The van der Waals surface area contributed by atoms with Crippen molar-refractivity contribution in [3.05, 3.63) is 71.3 Å². The Morgan fingerprint density at radius 2 is 1.69 bits per heavy atom. The number of carbonyl (C=O) groups is 3. The molecular weight excluding hydrogens is 484 g/mol. The first kappa shape index (κ1) is 26.2. The van der Waals surface area contributed by atoms with Crippen molar-refractivity contribution < 1.29 is 31.9 Å². The van der Waals surface area contributed by atoms with Gasteiger partial charge in [0.25, 0.3) is 11.8 Å². The number of amides is 4. The van der Waals surface area contributed by atoms with E-state index in [0.29, 0.717) is 36.9 Å². The molecule has 7 N–H and O–H groups in total. The van der Waals surface area contributed by atoms with Crippen molar-refractivity contribution >= 4 is 29.2 Å². The number of rotatable bonds is 8. The predicted molar refractivity (Wildman–Crippen MR) is 125 cm³/mol. The molecule has 0 aliphatic carbocycles. The number of anilines is 2. The molecule has 190 valence electrons. The van der Waals surface area contributed by atoms with Crippen LogP contribution in [-0.4, -0.2) is 43.0 Å². The highest BCUT2D eigenvalue weighted by molar-refractivity contribution is 6.08.